The lowest BCUT2D eigenvalue weighted by Crippen LogP contribution is -2.43. The summed E-state index contributed by atoms with van der Waals surface area (Å²) < 4.78 is 0. The molecule has 0 aliphatic carbocycles. The largest absolute Gasteiger partial charge is 0.368 e. The summed E-state index contributed by atoms with van der Waals surface area (Å²) in [6.07, 6.45) is 3.78. The number of aryl methyl sites for hydroxylation is 2. The van der Waals surface area contributed by atoms with Gasteiger partial charge in [0.15, 0.2) is 0 Å². The maximum Gasteiger partial charge on any atom is 0.241 e. The maximum absolute atomic E-state index is 12.8. The molecule has 0 atom stereocenters. The SMILES string of the molecule is CN1CCNc2cccc(n2)CCCCN(C(=O)CCc2ccccc2)CC1=O. The molecule has 1 aromatic carbocycles. The zero-order valence-electron chi connectivity index (χ0n) is 17.1. The number of amides is 2. The van der Waals surface area contributed by atoms with Gasteiger partial charge < -0.3 is 15.1 Å². The molecule has 2 aromatic rings. The first-order valence-electron chi connectivity index (χ1n) is 10.4. The van der Waals surface area contributed by atoms with Crippen LogP contribution in [0.25, 0.3) is 0 Å². The van der Waals surface area contributed by atoms with Gasteiger partial charge in [0, 0.05) is 38.8 Å². The Morgan fingerprint density at radius 2 is 1.90 bits per heavy atom. The van der Waals surface area contributed by atoms with Crippen LogP contribution in [0.4, 0.5) is 5.82 Å². The minimum absolute atomic E-state index is 0.0290. The molecule has 0 spiro atoms. The molecule has 0 radical (unpaired) electrons. The number of hydrogen-bond donors (Lipinski definition) is 1. The summed E-state index contributed by atoms with van der Waals surface area (Å²) in [4.78, 5) is 33.5. The fourth-order valence-electron chi connectivity index (χ4n) is 3.43. The Morgan fingerprint density at radius 3 is 2.72 bits per heavy atom. The first kappa shape index (κ1) is 20.8. The van der Waals surface area contributed by atoms with Crippen molar-refractivity contribution in [3.8, 4) is 0 Å². The van der Waals surface area contributed by atoms with Gasteiger partial charge in [-0.3, -0.25) is 9.59 Å². The molecule has 2 heterocycles. The zero-order valence-corrected chi connectivity index (χ0v) is 17.1. The van der Waals surface area contributed by atoms with Crippen molar-refractivity contribution in [3.63, 3.8) is 0 Å². The van der Waals surface area contributed by atoms with Crippen molar-refractivity contribution < 1.29 is 9.59 Å². The first-order valence-corrected chi connectivity index (χ1v) is 10.4. The van der Waals surface area contributed by atoms with E-state index in [2.05, 4.69) is 10.3 Å². The molecule has 2 amide bonds. The number of likely N-dealkylation sites (N-methyl/N-ethyl adjacent to an activating group) is 1. The highest BCUT2D eigenvalue weighted by Gasteiger charge is 2.19. The third kappa shape index (κ3) is 6.59. The third-order valence-electron chi connectivity index (χ3n) is 5.25. The topological polar surface area (TPSA) is 65.5 Å². The molecule has 29 heavy (non-hydrogen) atoms. The number of hydrogen-bond acceptors (Lipinski definition) is 4. The fourth-order valence-corrected chi connectivity index (χ4v) is 3.43. The standard InChI is InChI=1S/C23H30N4O2/c1-26-17-15-24-21-12-7-11-20(25-21)10-5-6-16-27(18-23(26)29)22(28)14-13-19-8-3-2-4-9-19/h2-4,7-9,11-12H,5-6,10,13-18H2,1H3,(H,24,25). The number of nitrogens with zero attached hydrogens (tertiary/aromatic N) is 3. The van der Waals surface area contributed by atoms with E-state index in [1.807, 2.05) is 48.5 Å². The second kappa shape index (κ2) is 10.6. The van der Waals surface area contributed by atoms with Crippen LogP contribution in [-0.2, 0) is 22.4 Å². The number of anilines is 1. The molecule has 1 N–H and O–H groups in total. The molecular weight excluding hydrogens is 364 g/mol. The number of pyridine rings is 1. The van der Waals surface area contributed by atoms with E-state index in [0.29, 0.717) is 32.5 Å². The highest BCUT2D eigenvalue weighted by Crippen LogP contribution is 2.11. The summed E-state index contributed by atoms with van der Waals surface area (Å²) >= 11 is 0. The van der Waals surface area contributed by atoms with Gasteiger partial charge in [0.2, 0.25) is 11.8 Å². The highest BCUT2D eigenvalue weighted by molar-refractivity contribution is 5.84. The Balaban J connectivity index is 1.64. The molecule has 154 valence electrons. The van der Waals surface area contributed by atoms with Gasteiger partial charge in [0.05, 0.1) is 6.54 Å². The summed E-state index contributed by atoms with van der Waals surface area (Å²) in [6, 6.07) is 16.0. The van der Waals surface area contributed by atoms with Crippen LogP contribution in [0.1, 0.15) is 30.5 Å². The number of fused-ring (bicyclic) bond motifs is 2. The van der Waals surface area contributed by atoms with Crippen LogP contribution in [0.15, 0.2) is 48.5 Å². The van der Waals surface area contributed by atoms with E-state index < -0.39 is 0 Å². The second-order valence-electron chi connectivity index (χ2n) is 7.51. The number of aromatic nitrogens is 1. The molecule has 6 nitrogen and oxygen atoms in total. The molecule has 2 bridgehead atoms. The summed E-state index contributed by atoms with van der Waals surface area (Å²) in [5, 5.41) is 3.28. The van der Waals surface area contributed by atoms with Gasteiger partial charge in [-0.25, -0.2) is 4.98 Å². The predicted octanol–water partition coefficient (Wildman–Crippen LogP) is 2.75. The normalized spacial score (nSPS) is 16.1. The van der Waals surface area contributed by atoms with E-state index in [1.54, 1.807) is 16.8 Å². The van der Waals surface area contributed by atoms with E-state index in [-0.39, 0.29) is 18.4 Å². The summed E-state index contributed by atoms with van der Waals surface area (Å²) in [5.41, 5.74) is 2.20. The Morgan fingerprint density at radius 1 is 1.07 bits per heavy atom. The van der Waals surface area contributed by atoms with Crippen molar-refractivity contribution in [1.29, 1.82) is 0 Å². The van der Waals surface area contributed by atoms with E-state index in [4.69, 9.17) is 0 Å². The summed E-state index contributed by atoms with van der Waals surface area (Å²) in [7, 11) is 1.78. The van der Waals surface area contributed by atoms with Crippen LogP contribution in [-0.4, -0.2) is 59.8 Å². The lowest BCUT2D eigenvalue weighted by molar-refractivity contribution is -0.139. The van der Waals surface area contributed by atoms with Gasteiger partial charge in [-0.15, -0.1) is 0 Å². The van der Waals surface area contributed by atoms with Crippen molar-refractivity contribution in [2.45, 2.75) is 32.1 Å². The monoisotopic (exact) mass is 394 g/mol. The number of carbonyl (C=O) groups excluding carboxylic acids is 2. The Kier molecular flexibility index (Phi) is 7.61. The van der Waals surface area contributed by atoms with Crippen molar-refractivity contribution in [3.05, 3.63) is 59.8 Å². The smallest absolute Gasteiger partial charge is 0.241 e. The Labute approximate surface area is 172 Å². The van der Waals surface area contributed by atoms with Crippen LogP contribution in [0, 0.1) is 0 Å². The maximum atomic E-state index is 12.8. The molecule has 6 heteroatoms. The van der Waals surface area contributed by atoms with Crippen LogP contribution >= 0.6 is 0 Å². The highest BCUT2D eigenvalue weighted by atomic mass is 16.2. The van der Waals surface area contributed by atoms with Crippen LogP contribution < -0.4 is 5.32 Å². The van der Waals surface area contributed by atoms with Gasteiger partial charge in [0.25, 0.3) is 0 Å². The molecule has 0 fully saturated rings. The third-order valence-corrected chi connectivity index (χ3v) is 5.25. The molecule has 0 unspecified atom stereocenters. The molecule has 3 rings (SSSR count). The summed E-state index contributed by atoms with van der Waals surface area (Å²) in [5.74, 6) is 0.859. The van der Waals surface area contributed by atoms with Crippen molar-refractivity contribution in [2.24, 2.45) is 0 Å². The number of rotatable bonds is 3. The molecule has 1 aromatic heterocycles. The average molecular weight is 395 g/mol. The predicted molar refractivity (Wildman–Crippen MR) is 115 cm³/mol. The van der Waals surface area contributed by atoms with E-state index in [0.717, 1.165) is 36.3 Å². The molecule has 1 aliphatic heterocycles. The second-order valence-corrected chi connectivity index (χ2v) is 7.51. The Hall–Kier alpha value is -2.89. The number of carbonyl (C=O) groups is 2. The van der Waals surface area contributed by atoms with Crippen molar-refractivity contribution in [1.82, 2.24) is 14.8 Å². The zero-order chi connectivity index (χ0) is 20.5. The van der Waals surface area contributed by atoms with Crippen molar-refractivity contribution >= 4 is 17.6 Å². The molecular formula is C23H30N4O2. The van der Waals surface area contributed by atoms with Crippen LogP contribution in [0.2, 0.25) is 0 Å². The van der Waals surface area contributed by atoms with E-state index >= 15 is 0 Å². The molecule has 0 saturated carbocycles. The summed E-state index contributed by atoms with van der Waals surface area (Å²) in [6.45, 7) is 1.94. The van der Waals surface area contributed by atoms with Crippen LogP contribution in [0.5, 0.6) is 0 Å². The van der Waals surface area contributed by atoms with Gasteiger partial charge >= 0.3 is 0 Å². The average Bonchev–Trinajstić information content (AvgIpc) is 2.74. The van der Waals surface area contributed by atoms with Crippen molar-refractivity contribution in [2.75, 3.05) is 38.5 Å². The van der Waals surface area contributed by atoms with E-state index in [1.165, 1.54) is 0 Å². The minimum Gasteiger partial charge on any atom is -0.368 e. The lowest BCUT2D eigenvalue weighted by Gasteiger charge is -2.26. The lowest BCUT2D eigenvalue weighted by atomic mass is 10.1. The first-order chi connectivity index (χ1) is 14.1. The van der Waals surface area contributed by atoms with Gasteiger partial charge in [-0.1, -0.05) is 36.4 Å². The molecule has 0 saturated heterocycles. The van der Waals surface area contributed by atoms with Gasteiger partial charge in [-0.2, -0.15) is 0 Å². The van der Waals surface area contributed by atoms with E-state index in [9.17, 15) is 9.59 Å². The van der Waals surface area contributed by atoms with Gasteiger partial charge in [-0.05, 0) is 43.4 Å². The minimum atomic E-state index is -0.0290. The number of benzene rings is 1. The van der Waals surface area contributed by atoms with Crippen LogP contribution in [0.3, 0.4) is 0 Å². The van der Waals surface area contributed by atoms with Gasteiger partial charge in [0.1, 0.15) is 5.82 Å². The number of nitrogens with one attached hydrogen (secondary N) is 1. The quantitative estimate of drug-likeness (QED) is 0.869. The fraction of sp³-hybridized carbons (Fsp3) is 0.435. The Bertz CT molecular complexity index is 810. The molecule has 1 aliphatic rings.